The number of aromatic nitrogens is 3. The van der Waals surface area contributed by atoms with Gasteiger partial charge in [0.15, 0.2) is 15.5 Å². The lowest BCUT2D eigenvalue weighted by Crippen LogP contribution is -1.98. The maximum absolute atomic E-state index is 11.3. The van der Waals surface area contributed by atoms with Crippen LogP contribution in [0.4, 0.5) is 0 Å². The zero-order chi connectivity index (χ0) is 14.8. The molecule has 2 rings (SSSR count). The molecule has 1 aromatic heterocycles. The lowest BCUT2D eigenvalue weighted by Gasteiger charge is -1.98. The van der Waals surface area contributed by atoms with Gasteiger partial charge >= 0.3 is 5.97 Å². The summed E-state index contributed by atoms with van der Waals surface area (Å²) in [6.45, 7) is 0. The third kappa shape index (κ3) is 3.09. The van der Waals surface area contributed by atoms with Crippen molar-refractivity contribution in [1.29, 1.82) is 0 Å². The van der Waals surface area contributed by atoms with Gasteiger partial charge in [-0.05, 0) is 23.8 Å². The summed E-state index contributed by atoms with van der Waals surface area (Å²) >= 11 is 0. The Bertz CT molecular complexity index is 760. The van der Waals surface area contributed by atoms with Gasteiger partial charge in [0, 0.05) is 6.26 Å². The van der Waals surface area contributed by atoms with Crippen LogP contribution in [0.3, 0.4) is 0 Å². The third-order valence-corrected chi connectivity index (χ3v) is 3.65. The minimum Gasteiger partial charge on any atom is -0.476 e. The van der Waals surface area contributed by atoms with Crippen LogP contribution in [0.25, 0.3) is 12.2 Å². The molecule has 0 aliphatic rings. The zero-order valence-corrected chi connectivity index (χ0v) is 11.3. The summed E-state index contributed by atoms with van der Waals surface area (Å²) in [5.74, 6) is -1.18. The molecule has 104 valence electrons. The zero-order valence-electron chi connectivity index (χ0n) is 10.4. The van der Waals surface area contributed by atoms with E-state index >= 15 is 0 Å². The SMILES string of the molecule is CS(=O)(=O)c1ccc(/C=C/c2n[nH]nc2C(=O)O)cc1. The number of hydrogen-bond acceptors (Lipinski definition) is 5. The van der Waals surface area contributed by atoms with E-state index in [-0.39, 0.29) is 16.3 Å². The van der Waals surface area contributed by atoms with Gasteiger partial charge in [0.25, 0.3) is 0 Å². The Hall–Kier alpha value is -2.48. The van der Waals surface area contributed by atoms with Gasteiger partial charge in [-0.15, -0.1) is 5.10 Å². The molecule has 0 saturated carbocycles. The summed E-state index contributed by atoms with van der Waals surface area (Å²) in [7, 11) is -3.22. The lowest BCUT2D eigenvalue weighted by atomic mass is 10.2. The minimum atomic E-state index is -3.22. The first-order chi connectivity index (χ1) is 9.38. The normalized spacial score (nSPS) is 11.8. The average molecular weight is 293 g/mol. The van der Waals surface area contributed by atoms with Gasteiger partial charge in [-0.25, -0.2) is 13.2 Å². The third-order valence-electron chi connectivity index (χ3n) is 2.52. The van der Waals surface area contributed by atoms with Crippen molar-refractivity contribution in [2.75, 3.05) is 6.26 Å². The predicted molar refractivity (Wildman–Crippen MR) is 71.8 cm³/mol. The number of nitrogens with zero attached hydrogens (tertiary/aromatic N) is 2. The molecule has 20 heavy (non-hydrogen) atoms. The van der Waals surface area contributed by atoms with Gasteiger partial charge in [-0.3, -0.25) is 0 Å². The largest absolute Gasteiger partial charge is 0.476 e. The molecule has 1 aromatic carbocycles. The molecule has 0 amide bonds. The summed E-state index contributed by atoms with van der Waals surface area (Å²) in [5, 5.41) is 18.3. The number of rotatable bonds is 4. The van der Waals surface area contributed by atoms with E-state index in [1.165, 1.54) is 18.2 Å². The maximum atomic E-state index is 11.3. The first-order valence-electron chi connectivity index (χ1n) is 5.50. The number of carboxylic acid groups (broad SMARTS) is 1. The monoisotopic (exact) mass is 293 g/mol. The number of carbonyl (C=O) groups is 1. The summed E-state index contributed by atoms with van der Waals surface area (Å²) in [5.41, 5.74) is 0.746. The highest BCUT2D eigenvalue weighted by molar-refractivity contribution is 7.90. The molecular formula is C12H11N3O4S. The van der Waals surface area contributed by atoms with Crippen LogP contribution in [-0.2, 0) is 9.84 Å². The molecule has 7 nitrogen and oxygen atoms in total. The van der Waals surface area contributed by atoms with Gasteiger partial charge in [0.05, 0.1) is 4.90 Å². The van der Waals surface area contributed by atoms with E-state index in [9.17, 15) is 13.2 Å². The Morgan fingerprint density at radius 3 is 2.40 bits per heavy atom. The van der Waals surface area contributed by atoms with Crippen molar-refractivity contribution in [2.24, 2.45) is 0 Å². The van der Waals surface area contributed by atoms with Crippen molar-refractivity contribution in [1.82, 2.24) is 15.4 Å². The maximum Gasteiger partial charge on any atom is 0.358 e. The number of H-pyrrole nitrogens is 1. The Balaban J connectivity index is 2.24. The lowest BCUT2D eigenvalue weighted by molar-refractivity contribution is 0.0690. The molecule has 0 spiro atoms. The fourth-order valence-electron chi connectivity index (χ4n) is 1.51. The van der Waals surface area contributed by atoms with Crippen molar-refractivity contribution >= 4 is 28.0 Å². The highest BCUT2D eigenvalue weighted by Gasteiger charge is 2.12. The van der Waals surface area contributed by atoms with Gasteiger partial charge in [0.2, 0.25) is 0 Å². The van der Waals surface area contributed by atoms with Crippen molar-refractivity contribution in [3.8, 4) is 0 Å². The van der Waals surface area contributed by atoms with Crippen LogP contribution in [0.15, 0.2) is 29.2 Å². The van der Waals surface area contributed by atoms with E-state index in [1.807, 2.05) is 0 Å². The van der Waals surface area contributed by atoms with Crippen molar-refractivity contribution in [3.05, 3.63) is 41.2 Å². The number of sulfone groups is 1. The minimum absolute atomic E-state index is 0.172. The second-order valence-electron chi connectivity index (χ2n) is 4.04. The Labute approximate surface area is 114 Å². The summed E-state index contributed by atoms with van der Waals surface area (Å²) in [6, 6.07) is 6.20. The molecule has 2 N–H and O–H groups in total. The average Bonchev–Trinajstić information content (AvgIpc) is 2.84. The summed E-state index contributed by atoms with van der Waals surface area (Å²) < 4.78 is 22.6. The fourth-order valence-corrected chi connectivity index (χ4v) is 2.14. The van der Waals surface area contributed by atoms with E-state index in [0.29, 0.717) is 0 Å². The molecule has 0 saturated heterocycles. The molecule has 0 atom stereocenters. The molecule has 0 bridgehead atoms. The van der Waals surface area contributed by atoms with Crippen LogP contribution in [0, 0.1) is 0 Å². The predicted octanol–water partition coefficient (Wildman–Crippen LogP) is 1.08. The molecule has 0 aliphatic heterocycles. The Morgan fingerprint density at radius 2 is 1.85 bits per heavy atom. The smallest absolute Gasteiger partial charge is 0.358 e. The van der Waals surface area contributed by atoms with Crippen LogP contribution in [0.2, 0.25) is 0 Å². The quantitative estimate of drug-likeness (QED) is 0.872. The number of benzene rings is 1. The van der Waals surface area contributed by atoms with E-state index in [1.54, 1.807) is 18.2 Å². The van der Waals surface area contributed by atoms with Crippen molar-refractivity contribution in [2.45, 2.75) is 4.90 Å². The van der Waals surface area contributed by atoms with Gasteiger partial charge < -0.3 is 5.11 Å². The first kappa shape index (κ1) is 13.9. The summed E-state index contributed by atoms with van der Waals surface area (Å²) in [4.78, 5) is 11.1. The van der Waals surface area contributed by atoms with Crippen molar-refractivity contribution < 1.29 is 18.3 Å². The van der Waals surface area contributed by atoms with Crippen LogP contribution in [0.1, 0.15) is 21.7 Å². The molecule has 8 heteroatoms. The van der Waals surface area contributed by atoms with E-state index in [4.69, 9.17) is 5.11 Å². The topological polar surface area (TPSA) is 113 Å². The number of carboxylic acids is 1. The van der Waals surface area contributed by atoms with E-state index in [0.717, 1.165) is 11.8 Å². The molecule has 0 aliphatic carbocycles. The second kappa shape index (κ2) is 5.25. The molecule has 1 heterocycles. The highest BCUT2D eigenvalue weighted by Crippen LogP contribution is 2.13. The summed E-state index contributed by atoms with van der Waals surface area (Å²) in [6.07, 6.45) is 4.24. The van der Waals surface area contributed by atoms with Gasteiger partial charge in [-0.1, -0.05) is 18.2 Å². The van der Waals surface area contributed by atoms with Crippen LogP contribution in [-0.4, -0.2) is 41.2 Å². The fraction of sp³-hybridized carbons (Fsp3) is 0.0833. The molecule has 2 aromatic rings. The molecule has 0 unspecified atom stereocenters. The van der Waals surface area contributed by atoms with Gasteiger partial charge in [-0.2, -0.15) is 10.3 Å². The van der Waals surface area contributed by atoms with E-state index < -0.39 is 15.8 Å². The molecule has 0 fully saturated rings. The van der Waals surface area contributed by atoms with Crippen LogP contribution >= 0.6 is 0 Å². The standard InChI is InChI=1S/C12H11N3O4S/c1-20(18,19)9-5-2-8(3-6-9)4-7-10-11(12(16)17)14-15-13-10/h2-7H,1H3,(H,16,17)(H,13,14,15)/b7-4+. The number of hydrogen-bond donors (Lipinski definition) is 2. The first-order valence-corrected chi connectivity index (χ1v) is 7.39. The number of aromatic carboxylic acids is 1. The molecular weight excluding hydrogens is 282 g/mol. The van der Waals surface area contributed by atoms with Crippen LogP contribution < -0.4 is 0 Å². The highest BCUT2D eigenvalue weighted by atomic mass is 32.2. The van der Waals surface area contributed by atoms with Gasteiger partial charge in [0.1, 0.15) is 5.69 Å². The number of aromatic amines is 1. The Morgan fingerprint density at radius 1 is 1.20 bits per heavy atom. The Kier molecular flexibility index (Phi) is 3.66. The molecule has 0 radical (unpaired) electrons. The number of nitrogens with one attached hydrogen (secondary N) is 1. The van der Waals surface area contributed by atoms with E-state index in [2.05, 4.69) is 15.4 Å². The second-order valence-corrected chi connectivity index (χ2v) is 6.05. The van der Waals surface area contributed by atoms with Crippen LogP contribution in [0.5, 0.6) is 0 Å². The van der Waals surface area contributed by atoms with Crippen molar-refractivity contribution in [3.63, 3.8) is 0 Å².